The van der Waals surface area contributed by atoms with Gasteiger partial charge in [0.15, 0.2) is 0 Å². The molecule has 26 heavy (non-hydrogen) atoms. The van der Waals surface area contributed by atoms with Crippen molar-refractivity contribution in [3.63, 3.8) is 0 Å². The second-order valence-corrected chi connectivity index (χ2v) is 6.36. The minimum Gasteiger partial charge on any atom is -0.368 e. The van der Waals surface area contributed by atoms with Crippen LogP contribution in [0, 0.1) is 11.6 Å². The second kappa shape index (κ2) is 6.49. The van der Waals surface area contributed by atoms with Crippen molar-refractivity contribution >= 4 is 23.1 Å². The number of carbonyl (C=O) groups is 2. The van der Waals surface area contributed by atoms with E-state index in [2.05, 4.69) is 10.2 Å². The number of ketones is 1. The van der Waals surface area contributed by atoms with Gasteiger partial charge in [-0.25, -0.2) is 8.78 Å². The molecule has 0 unspecified atom stereocenters. The Bertz CT molecular complexity index is 894. The molecule has 0 aliphatic carbocycles. The summed E-state index contributed by atoms with van der Waals surface area (Å²) in [6.45, 7) is 2.87. The van der Waals surface area contributed by atoms with Crippen LogP contribution < -0.4 is 15.1 Å². The van der Waals surface area contributed by atoms with Crippen molar-refractivity contribution < 1.29 is 18.4 Å². The summed E-state index contributed by atoms with van der Waals surface area (Å²) in [5.74, 6) is -2.52. The van der Waals surface area contributed by atoms with Crippen LogP contribution in [0.4, 0.5) is 20.2 Å². The summed E-state index contributed by atoms with van der Waals surface area (Å²) in [6, 6.07) is 8.35. The third-order valence-electron chi connectivity index (χ3n) is 4.77. The molecule has 2 aliphatic rings. The third kappa shape index (κ3) is 2.74. The molecule has 0 atom stereocenters. The first kappa shape index (κ1) is 16.7. The van der Waals surface area contributed by atoms with Crippen molar-refractivity contribution in [3.8, 4) is 0 Å². The monoisotopic (exact) mass is 357 g/mol. The molecule has 2 aromatic rings. The maximum Gasteiger partial charge on any atom is 0.299 e. The zero-order valence-electron chi connectivity index (χ0n) is 14.0. The minimum absolute atomic E-state index is 0.0339. The zero-order chi connectivity index (χ0) is 18.3. The number of fused-ring (bicyclic) bond motifs is 1. The van der Waals surface area contributed by atoms with Crippen molar-refractivity contribution in [2.45, 2.75) is 6.54 Å². The predicted molar refractivity (Wildman–Crippen MR) is 93.4 cm³/mol. The number of benzene rings is 2. The minimum atomic E-state index is -0.716. The van der Waals surface area contributed by atoms with Gasteiger partial charge in [-0.2, -0.15) is 0 Å². The van der Waals surface area contributed by atoms with Gasteiger partial charge in [-0.1, -0.05) is 6.07 Å². The number of anilines is 2. The van der Waals surface area contributed by atoms with Crippen LogP contribution in [0.1, 0.15) is 15.9 Å². The third-order valence-corrected chi connectivity index (χ3v) is 4.77. The smallest absolute Gasteiger partial charge is 0.299 e. The lowest BCUT2D eigenvalue weighted by atomic mass is 10.1. The predicted octanol–water partition coefficient (Wildman–Crippen LogP) is 2.10. The fourth-order valence-corrected chi connectivity index (χ4v) is 3.49. The highest BCUT2D eigenvalue weighted by molar-refractivity contribution is 6.53. The van der Waals surface area contributed by atoms with Gasteiger partial charge in [-0.15, -0.1) is 0 Å². The van der Waals surface area contributed by atoms with Crippen molar-refractivity contribution in [1.29, 1.82) is 0 Å². The van der Waals surface area contributed by atoms with E-state index in [1.807, 2.05) is 6.07 Å². The number of hydrogen-bond acceptors (Lipinski definition) is 4. The van der Waals surface area contributed by atoms with Gasteiger partial charge in [0.2, 0.25) is 0 Å². The molecular formula is C19H17F2N3O2. The second-order valence-electron chi connectivity index (χ2n) is 6.36. The number of piperazine rings is 1. The Morgan fingerprint density at radius 3 is 2.50 bits per heavy atom. The van der Waals surface area contributed by atoms with Crippen LogP contribution in [-0.4, -0.2) is 37.9 Å². The molecule has 4 rings (SSSR count). The van der Waals surface area contributed by atoms with E-state index in [0.717, 1.165) is 44.4 Å². The van der Waals surface area contributed by atoms with Gasteiger partial charge in [-0.05, 0) is 30.3 Å². The maximum absolute atomic E-state index is 14.0. The van der Waals surface area contributed by atoms with Crippen LogP contribution in [0.15, 0.2) is 36.4 Å². The lowest BCUT2D eigenvalue weighted by Crippen LogP contribution is -2.44. The topological polar surface area (TPSA) is 52.7 Å². The van der Waals surface area contributed by atoms with Gasteiger partial charge < -0.3 is 15.1 Å². The molecule has 2 aliphatic heterocycles. The SMILES string of the molecule is O=C1C(=O)N(Cc2cc(F)ccc2F)c2cccc(N3CCNCC3)c21. The quantitative estimate of drug-likeness (QED) is 0.855. The Labute approximate surface area is 149 Å². The van der Waals surface area contributed by atoms with Gasteiger partial charge in [0.1, 0.15) is 11.6 Å². The summed E-state index contributed by atoms with van der Waals surface area (Å²) in [5.41, 5.74) is 1.53. The summed E-state index contributed by atoms with van der Waals surface area (Å²) in [7, 11) is 0. The molecule has 0 aromatic heterocycles. The van der Waals surface area contributed by atoms with E-state index in [1.54, 1.807) is 12.1 Å². The molecule has 2 aromatic carbocycles. The first-order chi connectivity index (χ1) is 12.6. The number of nitrogens with one attached hydrogen (secondary N) is 1. The van der Waals surface area contributed by atoms with Crippen molar-refractivity contribution in [1.82, 2.24) is 5.32 Å². The molecule has 0 radical (unpaired) electrons. The normalized spacial score (nSPS) is 17.0. The van der Waals surface area contributed by atoms with Crippen LogP contribution in [0.2, 0.25) is 0 Å². The summed E-state index contributed by atoms with van der Waals surface area (Å²) < 4.78 is 27.4. The molecule has 0 bridgehead atoms. The largest absolute Gasteiger partial charge is 0.368 e. The Hall–Kier alpha value is -2.80. The van der Waals surface area contributed by atoms with E-state index >= 15 is 0 Å². The average Bonchev–Trinajstić information content (AvgIpc) is 2.90. The molecule has 1 saturated heterocycles. The van der Waals surface area contributed by atoms with Crippen LogP contribution >= 0.6 is 0 Å². The van der Waals surface area contributed by atoms with E-state index in [4.69, 9.17) is 0 Å². The van der Waals surface area contributed by atoms with Gasteiger partial charge in [0.25, 0.3) is 11.7 Å². The standard InChI is InChI=1S/C19H17F2N3O2/c20-13-4-5-14(21)12(10-13)11-24-16-3-1-2-15(17(16)18(25)19(24)26)23-8-6-22-7-9-23/h1-5,10,22H,6-9,11H2. The number of halogens is 2. The van der Waals surface area contributed by atoms with Crippen molar-refractivity contribution in [2.24, 2.45) is 0 Å². The van der Waals surface area contributed by atoms with Gasteiger partial charge >= 0.3 is 0 Å². The zero-order valence-corrected chi connectivity index (χ0v) is 14.0. The Morgan fingerprint density at radius 2 is 1.73 bits per heavy atom. The fraction of sp³-hybridized carbons (Fsp3) is 0.263. The molecule has 2 heterocycles. The Kier molecular flexibility index (Phi) is 4.16. The number of rotatable bonds is 3. The number of nitrogens with zero attached hydrogens (tertiary/aromatic N) is 2. The van der Waals surface area contributed by atoms with Gasteiger partial charge in [0, 0.05) is 31.7 Å². The average molecular weight is 357 g/mol. The van der Waals surface area contributed by atoms with E-state index in [9.17, 15) is 18.4 Å². The van der Waals surface area contributed by atoms with Crippen molar-refractivity contribution in [3.05, 3.63) is 59.2 Å². The molecule has 0 saturated carbocycles. The highest BCUT2D eigenvalue weighted by Gasteiger charge is 2.39. The number of hydrogen-bond donors (Lipinski definition) is 1. The van der Waals surface area contributed by atoms with E-state index in [1.165, 1.54) is 4.90 Å². The van der Waals surface area contributed by atoms with Crippen LogP contribution in [-0.2, 0) is 11.3 Å². The lowest BCUT2D eigenvalue weighted by molar-refractivity contribution is -0.114. The fourth-order valence-electron chi connectivity index (χ4n) is 3.49. The summed E-state index contributed by atoms with van der Waals surface area (Å²) >= 11 is 0. The molecule has 1 N–H and O–H groups in total. The molecule has 0 spiro atoms. The van der Waals surface area contributed by atoms with Crippen molar-refractivity contribution in [2.75, 3.05) is 36.0 Å². The van der Waals surface area contributed by atoms with E-state index < -0.39 is 23.3 Å². The maximum atomic E-state index is 14.0. The molecule has 5 nitrogen and oxygen atoms in total. The summed E-state index contributed by atoms with van der Waals surface area (Å²) in [5, 5.41) is 3.24. The molecule has 1 amide bonds. The highest BCUT2D eigenvalue weighted by atomic mass is 19.1. The molecule has 7 heteroatoms. The van der Waals surface area contributed by atoms with Crippen LogP contribution in [0.3, 0.4) is 0 Å². The van der Waals surface area contributed by atoms with Gasteiger partial charge in [0.05, 0.1) is 23.5 Å². The summed E-state index contributed by atoms with van der Waals surface area (Å²) in [4.78, 5) is 28.4. The highest BCUT2D eigenvalue weighted by Crippen LogP contribution is 2.37. The van der Waals surface area contributed by atoms with Crippen LogP contribution in [0.5, 0.6) is 0 Å². The van der Waals surface area contributed by atoms with Gasteiger partial charge in [-0.3, -0.25) is 9.59 Å². The number of Topliss-reactive ketones (excluding diaryl/α,β-unsaturated/α-hetero) is 1. The lowest BCUT2D eigenvalue weighted by Gasteiger charge is -2.30. The van der Waals surface area contributed by atoms with E-state index in [-0.39, 0.29) is 12.1 Å². The Morgan fingerprint density at radius 1 is 1.00 bits per heavy atom. The molecule has 134 valence electrons. The number of carbonyl (C=O) groups excluding carboxylic acids is 2. The molecule has 1 fully saturated rings. The Balaban J connectivity index is 1.73. The molecular weight excluding hydrogens is 340 g/mol. The van der Waals surface area contributed by atoms with E-state index in [0.29, 0.717) is 16.9 Å². The summed E-state index contributed by atoms with van der Waals surface area (Å²) in [6.07, 6.45) is 0. The number of amides is 1. The van der Waals surface area contributed by atoms with Crippen LogP contribution in [0.25, 0.3) is 0 Å². The first-order valence-electron chi connectivity index (χ1n) is 8.45. The first-order valence-corrected chi connectivity index (χ1v) is 8.45.